The van der Waals surface area contributed by atoms with E-state index in [9.17, 15) is 4.79 Å². The smallest absolute Gasteiger partial charge is 0.330 e. The number of rotatable bonds is 5. The fraction of sp³-hybridized carbons (Fsp3) is 0.542. The van der Waals surface area contributed by atoms with Crippen molar-refractivity contribution in [3.8, 4) is 0 Å². The van der Waals surface area contributed by atoms with Crippen LogP contribution in [-0.2, 0) is 9.53 Å². The summed E-state index contributed by atoms with van der Waals surface area (Å²) in [6.07, 6.45) is 17.8. The monoisotopic (exact) mass is 354 g/mol. The summed E-state index contributed by atoms with van der Waals surface area (Å²) in [7, 11) is 0. The van der Waals surface area contributed by atoms with Gasteiger partial charge in [-0.3, -0.25) is 0 Å². The van der Waals surface area contributed by atoms with Crippen LogP contribution in [0, 0.1) is 5.41 Å². The van der Waals surface area contributed by atoms with Crippen LogP contribution in [0.2, 0.25) is 0 Å². The molecule has 2 aliphatic rings. The van der Waals surface area contributed by atoms with Gasteiger partial charge in [0.05, 0.1) is 6.61 Å². The minimum absolute atomic E-state index is 0.260. The van der Waals surface area contributed by atoms with Gasteiger partial charge in [-0.25, -0.2) is 4.79 Å². The van der Waals surface area contributed by atoms with Crippen LogP contribution in [0.1, 0.15) is 73.1 Å². The molecule has 0 aromatic rings. The molecular formula is C24H34O2. The molecule has 0 unspecified atom stereocenters. The predicted molar refractivity (Wildman–Crippen MR) is 110 cm³/mol. The molecule has 0 fully saturated rings. The molecule has 2 rings (SSSR count). The first-order chi connectivity index (χ1) is 12.3. The molecule has 0 aliphatic heterocycles. The third kappa shape index (κ3) is 5.86. The number of carbonyl (C=O) groups excluding carboxylic acids is 1. The van der Waals surface area contributed by atoms with E-state index in [1.165, 1.54) is 41.6 Å². The maximum atomic E-state index is 11.6. The van der Waals surface area contributed by atoms with Gasteiger partial charge < -0.3 is 4.74 Å². The largest absolute Gasteiger partial charge is 0.463 e. The van der Waals surface area contributed by atoms with E-state index < -0.39 is 0 Å². The van der Waals surface area contributed by atoms with E-state index in [0.29, 0.717) is 6.61 Å². The quantitative estimate of drug-likeness (QED) is 0.410. The first-order valence-corrected chi connectivity index (χ1v) is 9.96. The highest BCUT2D eigenvalue weighted by molar-refractivity contribution is 5.83. The molecule has 2 aliphatic carbocycles. The van der Waals surface area contributed by atoms with Gasteiger partial charge in [-0.05, 0) is 87.0 Å². The molecule has 2 heteroatoms. The lowest BCUT2D eigenvalue weighted by Crippen LogP contribution is -2.19. The number of esters is 1. The number of allylic oxidation sites excluding steroid dienone is 9. The summed E-state index contributed by atoms with van der Waals surface area (Å²) in [5, 5.41) is 0. The zero-order valence-corrected chi connectivity index (χ0v) is 17.2. The Kier molecular flexibility index (Phi) is 7.25. The number of carbonyl (C=O) groups is 1. The molecule has 142 valence electrons. The SMILES string of the molecule is CCOC(=O)/C=C(C)\C=C1C=C(/C=C/C2=C(C)CCCC2(C)C)CCC\1. The van der Waals surface area contributed by atoms with Crippen molar-refractivity contribution in [2.45, 2.75) is 73.1 Å². The summed E-state index contributed by atoms with van der Waals surface area (Å²) in [4.78, 5) is 11.6. The van der Waals surface area contributed by atoms with E-state index in [1.54, 1.807) is 6.08 Å². The van der Waals surface area contributed by atoms with Crippen molar-refractivity contribution in [3.63, 3.8) is 0 Å². The minimum Gasteiger partial charge on any atom is -0.463 e. The van der Waals surface area contributed by atoms with Crippen molar-refractivity contribution in [2.24, 2.45) is 5.41 Å². The van der Waals surface area contributed by atoms with Crippen molar-refractivity contribution >= 4 is 5.97 Å². The van der Waals surface area contributed by atoms with Crippen molar-refractivity contribution in [2.75, 3.05) is 6.61 Å². The molecule has 26 heavy (non-hydrogen) atoms. The van der Waals surface area contributed by atoms with Gasteiger partial charge in [0.25, 0.3) is 0 Å². The van der Waals surface area contributed by atoms with E-state index in [2.05, 4.69) is 45.1 Å². The molecule has 0 heterocycles. The number of hydrogen-bond acceptors (Lipinski definition) is 2. The summed E-state index contributed by atoms with van der Waals surface area (Å²) >= 11 is 0. The fourth-order valence-corrected chi connectivity index (χ4v) is 4.03. The second kappa shape index (κ2) is 9.21. The molecule has 0 radical (unpaired) electrons. The third-order valence-electron chi connectivity index (χ3n) is 5.35. The Balaban J connectivity index is 2.15. The van der Waals surface area contributed by atoms with E-state index in [0.717, 1.165) is 24.8 Å². The Morgan fingerprint density at radius 2 is 1.96 bits per heavy atom. The van der Waals surface area contributed by atoms with Gasteiger partial charge in [-0.15, -0.1) is 0 Å². The first kappa shape index (κ1) is 20.5. The Bertz CT molecular complexity index is 681. The molecule has 0 atom stereocenters. The molecule has 0 N–H and O–H groups in total. The second-order valence-electron chi connectivity index (χ2n) is 8.20. The van der Waals surface area contributed by atoms with Crippen LogP contribution in [0.3, 0.4) is 0 Å². The van der Waals surface area contributed by atoms with Crippen LogP contribution >= 0.6 is 0 Å². The van der Waals surface area contributed by atoms with E-state index in [-0.39, 0.29) is 11.4 Å². The topological polar surface area (TPSA) is 26.3 Å². The average Bonchev–Trinajstić information content (AvgIpc) is 2.54. The van der Waals surface area contributed by atoms with Gasteiger partial charge in [0.1, 0.15) is 0 Å². The van der Waals surface area contributed by atoms with Gasteiger partial charge in [0.15, 0.2) is 0 Å². The molecule has 0 aromatic heterocycles. The lowest BCUT2D eigenvalue weighted by Gasteiger charge is -2.33. The Hall–Kier alpha value is -1.83. The molecule has 0 amide bonds. The Morgan fingerprint density at radius 1 is 1.19 bits per heavy atom. The van der Waals surface area contributed by atoms with Gasteiger partial charge in [0, 0.05) is 6.08 Å². The molecule has 0 bridgehead atoms. The lowest BCUT2D eigenvalue weighted by atomic mass is 9.72. The normalized spacial score (nSPS) is 22.7. The number of hydrogen-bond donors (Lipinski definition) is 0. The van der Waals surface area contributed by atoms with E-state index in [4.69, 9.17) is 4.74 Å². The van der Waals surface area contributed by atoms with Crippen molar-refractivity contribution in [3.05, 3.63) is 58.2 Å². The summed E-state index contributed by atoms with van der Waals surface area (Å²) in [6.45, 7) is 11.2. The maximum Gasteiger partial charge on any atom is 0.330 e. The third-order valence-corrected chi connectivity index (χ3v) is 5.35. The Labute approximate surface area is 159 Å². The highest BCUT2D eigenvalue weighted by Gasteiger charge is 2.26. The molecule has 0 saturated heterocycles. The summed E-state index contributed by atoms with van der Waals surface area (Å²) in [5.74, 6) is -0.260. The molecular weight excluding hydrogens is 320 g/mol. The average molecular weight is 355 g/mol. The number of ether oxygens (including phenoxy) is 1. The summed E-state index contributed by atoms with van der Waals surface area (Å²) in [6, 6.07) is 0. The zero-order chi connectivity index (χ0) is 19.2. The van der Waals surface area contributed by atoms with E-state index in [1.807, 2.05) is 13.8 Å². The van der Waals surface area contributed by atoms with Crippen molar-refractivity contribution in [1.82, 2.24) is 0 Å². The van der Waals surface area contributed by atoms with Crippen LogP contribution < -0.4 is 0 Å². The summed E-state index contributed by atoms with van der Waals surface area (Å²) < 4.78 is 4.98. The maximum absolute atomic E-state index is 11.6. The Morgan fingerprint density at radius 3 is 2.65 bits per heavy atom. The standard InChI is InChI=1S/C24H34O2/c1-6-26-23(25)16-18(2)15-21-11-7-10-20(17-21)12-13-22-19(3)9-8-14-24(22,4)5/h12-13,15-17H,6-11,14H2,1-5H3/b13-12+,18-16-,21-15+. The van der Waals surface area contributed by atoms with Gasteiger partial charge in [0.2, 0.25) is 0 Å². The van der Waals surface area contributed by atoms with Crippen LogP contribution in [0.15, 0.2) is 58.2 Å². The molecule has 0 spiro atoms. The highest BCUT2D eigenvalue weighted by atomic mass is 16.5. The van der Waals surface area contributed by atoms with Crippen molar-refractivity contribution < 1.29 is 9.53 Å². The van der Waals surface area contributed by atoms with Gasteiger partial charge >= 0.3 is 5.97 Å². The molecule has 2 nitrogen and oxygen atoms in total. The predicted octanol–water partition coefficient (Wildman–Crippen LogP) is 6.62. The minimum atomic E-state index is -0.260. The lowest BCUT2D eigenvalue weighted by molar-refractivity contribution is -0.137. The van der Waals surface area contributed by atoms with E-state index >= 15 is 0 Å². The van der Waals surface area contributed by atoms with Crippen LogP contribution in [-0.4, -0.2) is 12.6 Å². The first-order valence-electron chi connectivity index (χ1n) is 9.96. The van der Waals surface area contributed by atoms with Gasteiger partial charge in [-0.1, -0.05) is 43.7 Å². The molecule has 0 aromatic carbocycles. The van der Waals surface area contributed by atoms with Crippen LogP contribution in [0.4, 0.5) is 0 Å². The van der Waals surface area contributed by atoms with Crippen LogP contribution in [0.25, 0.3) is 0 Å². The summed E-state index contributed by atoms with van der Waals surface area (Å²) in [5.41, 5.74) is 6.96. The fourth-order valence-electron chi connectivity index (χ4n) is 4.03. The molecule has 0 saturated carbocycles. The second-order valence-corrected chi connectivity index (χ2v) is 8.20. The van der Waals surface area contributed by atoms with Crippen LogP contribution in [0.5, 0.6) is 0 Å². The highest BCUT2D eigenvalue weighted by Crippen LogP contribution is 2.41. The zero-order valence-electron chi connectivity index (χ0n) is 17.2. The van der Waals surface area contributed by atoms with Gasteiger partial charge in [-0.2, -0.15) is 0 Å². The van der Waals surface area contributed by atoms with Crippen molar-refractivity contribution in [1.29, 1.82) is 0 Å².